The Balaban J connectivity index is 2.90. The summed E-state index contributed by atoms with van der Waals surface area (Å²) in [5, 5.41) is 16.5. The van der Waals surface area contributed by atoms with Crippen LogP contribution in [0.4, 0.5) is 0 Å². The van der Waals surface area contributed by atoms with Gasteiger partial charge >= 0.3 is 5.97 Å². The van der Waals surface area contributed by atoms with Gasteiger partial charge in [-0.25, -0.2) is 18.4 Å². The standard InChI is InChI=1S/C14H22N2O6S/c1-8-11(23(15,20)21)7-10(22-8)12(17)16-9(13(18)19)5-6-14(2,3)4/h7,9H,5-6H2,1-4H3,(H,16,17)(H,18,19)(H2,15,20,21). The first kappa shape index (κ1) is 19.2. The molecule has 1 rings (SSSR count). The first-order valence-corrected chi connectivity index (χ1v) is 8.53. The summed E-state index contributed by atoms with van der Waals surface area (Å²) in [6.07, 6.45) is 0.830. The molecule has 0 saturated carbocycles. The summed E-state index contributed by atoms with van der Waals surface area (Å²) in [5.74, 6) is -2.30. The van der Waals surface area contributed by atoms with Crippen LogP contribution in [0.1, 0.15) is 49.9 Å². The maximum Gasteiger partial charge on any atom is 0.326 e. The number of aryl methyl sites for hydroxylation is 1. The van der Waals surface area contributed by atoms with Gasteiger partial charge in [0.1, 0.15) is 16.7 Å². The van der Waals surface area contributed by atoms with E-state index in [1.807, 2.05) is 20.8 Å². The van der Waals surface area contributed by atoms with E-state index in [2.05, 4.69) is 5.32 Å². The average molecular weight is 346 g/mol. The fourth-order valence-electron chi connectivity index (χ4n) is 1.92. The number of nitrogens with one attached hydrogen (secondary N) is 1. The molecule has 0 aliphatic heterocycles. The van der Waals surface area contributed by atoms with E-state index in [9.17, 15) is 23.1 Å². The number of amides is 1. The molecule has 1 aromatic heterocycles. The van der Waals surface area contributed by atoms with E-state index in [-0.39, 0.29) is 28.3 Å². The number of carbonyl (C=O) groups is 2. The Labute approximate surface area is 135 Å². The predicted octanol–water partition coefficient (Wildman–Crippen LogP) is 1.24. The van der Waals surface area contributed by atoms with Gasteiger partial charge < -0.3 is 14.8 Å². The molecule has 4 N–H and O–H groups in total. The van der Waals surface area contributed by atoms with Crippen molar-refractivity contribution < 1.29 is 27.5 Å². The molecule has 0 spiro atoms. The van der Waals surface area contributed by atoms with Crippen LogP contribution in [0.5, 0.6) is 0 Å². The van der Waals surface area contributed by atoms with Crippen LogP contribution in [-0.4, -0.2) is 31.4 Å². The van der Waals surface area contributed by atoms with E-state index < -0.39 is 27.9 Å². The number of hydrogen-bond acceptors (Lipinski definition) is 5. The molecule has 130 valence electrons. The van der Waals surface area contributed by atoms with Gasteiger partial charge in [0.05, 0.1) is 0 Å². The molecule has 9 heteroatoms. The zero-order chi connectivity index (χ0) is 18.0. The van der Waals surface area contributed by atoms with Gasteiger partial charge in [-0.1, -0.05) is 20.8 Å². The van der Waals surface area contributed by atoms with E-state index >= 15 is 0 Å². The average Bonchev–Trinajstić information content (AvgIpc) is 2.74. The molecule has 23 heavy (non-hydrogen) atoms. The third-order valence-electron chi connectivity index (χ3n) is 3.19. The second-order valence-corrected chi connectivity index (χ2v) is 8.07. The molecular weight excluding hydrogens is 324 g/mol. The molecule has 0 bridgehead atoms. The quantitative estimate of drug-likeness (QED) is 0.708. The Morgan fingerprint density at radius 1 is 1.39 bits per heavy atom. The van der Waals surface area contributed by atoms with Gasteiger partial charge in [0, 0.05) is 6.07 Å². The third kappa shape index (κ3) is 5.68. The first-order valence-electron chi connectivity index (χ1n) is 6.98. The van der Waals surface area contributed by atoms with Crippen molar-refractivity contribution in [2.24, 2.45) is 10.6 Å². The molecule has 0 saturated heterocycles. The maximum absolute atomic E-state index is 12.1. The Morgan fingerprint density at radius 2 is 1.96 bits per heavy atom. The normalized spacial score (nSPS) is 13.6. The lowest BCUT2D eigenvalue weighted by Gasteiger charge is -2.21. The minimum Gasteiger partial charge on any atom is -0.480 e. The molecule has 0 aromatic carbocycles. The monoisotopic (exact) mass is 346 g/mol. The van der Waals surface area contributed by atoms with Gasteiger partial charge in [-0.15, -0.1) is 0 Å². The molecule has 0 aliphatic rings. The smallest absolute Gasteiger partial charge is 0.326 e. The second kappa shape index (κ2) is 6.71. The van der Waals surface area contributed by atoms with Gasteiger partial charge in [0.15, 0.2) is 5.76 Å². The summed E-state index contributed by atoms with van der Waals surface area (Å²) >= 11 is 0. The second-order valence-electron chi connectivity index (χ2n) is 6.54. The number of primary sulfonamides is 1. The Hall–Kier alpha value is -1.87. The van der Waals surface area contributed by atoms with Gasteiger partial charge in [0.2, 0.25) is 10.0 Å². The number of rotatable bonds is 6. The Kier molecular flexibility index (Phi) is 5.60. The highest BCUT2D eigenvalue weighted by Gasteiger charge is 2.26. The van der Waals surface area contributed by atoms with Gasteiger partial charge in [-0.3, -0.25) is 4.79 Å². The molecule has 0 aliphatic carbocycles. The van der Waals surface area contributed by atoms with Crippen molar-refractivity contribution in [3.8, 4) is 0 Å². The van der Waals surface area contributed by atoms with Crippen LogP contribution in [0.3, 0.4) is 0 Å². The SMILES string of the molecule is Cc1oc(C(=O)NC(CCC(C)(C)C)C(=O)O)cc1S(N)(=O)=O. The van der Waals surface area contributed by atoms with Crippen molar-refractivity contribution in [2.75, 3.05) is 0 Å². The van der Waals surface area contributed by atoms with E-state index in [0.29, 0.717) is 6.42 Å². The highest BCUT2D eigenvalue weighted by Crippen LogP contribution is 2.22. The van der Waals surface area contributed by atoms with Gasteiger partial charge in [-0.2, -0.15) is 0 Å². The van der Waals surface area contributed by atoms with Crippen molar-refractivity contribution >= 4 is 21.9 Å². The van der Waals surface area contributed by atoms with Crippen LogP contribution >= 0.6 is 0 Å². The number of carboxylic acids is 1. The summed E-state index contributed by atoms with van der Waals surface area (Å²) in [5.41, 5.74) is -0.0828. The molecule has 1 atom stereocenters. The molecule has 1 heterocycles. The number of carboxylic acid groups (broad SMARTS) is 1. The van der Waals surface area contributed by atoms with Crippen molar-refractivity contribution in [3.05, 3.63) is 17.6 Å². The maximum atomic E-state index is 12.1. The molecule has 0 radical (unpaired) electrons. The summed E-state index contributed by atoms with van der Waals surface area (Å²) in [4.78, 5) is 23.0. The molecule has 1 aromatic rings. The molecule has 0 fully saturated rings. The van der Waals surface area contributed by atoms with Crippen molar-refractivity contribution in [1.29, 1.82) is 0 Å². The summed E-state index contributed by atoms with van der Waals surface area (Å²) in [7, 11) is -4.01. The number of nitrogens with two attached hydrogens (primary N) is 1. The molecular formula is C14H22N2O6S. The molecule has 1 amide bonds. The lowest BCUT2D eigenvalue weighted by Crippen LogP contribution is -2.41. The van der Waals surface area contributed by atoms with E-state index in [4.69, 9.17) is 9.56 Å². The number of sulfonamides is 1. The minimum atomic E-state index is -4.01. The zero-order valence-corrected chi connectivity index (χ0v) is 14.4. The molecule has 8 nitrogen and oxygen atoms in total. The van der Waals surface area contributed by atoms with Gasteiger partial charge in [0.25, 0.3) is 5.91 Å². The zero-order valence-electron chi connectivity index (χ0n) is 13.5. The van der Waals surface area contributed by atoms with Crippen molar-refractivity contribution in [2.45, 2.75) is 51.5 Å². The summed E-state index contributed by atoms with van der Waals surface area (Å²) in [6.45, 7) is 7.23. The summed E-state index contributed by atoms with van der Waals surface area (Å²) in [6, 6.07) is -0.104. The van der Waals surface area contributed by atoms with Crippen molar-refractivity contribution in [1.82, 2.24) is 5.32 Å². The number of furan rings is 1. The summed E-state index contributed by atoms with van der Waals surface area (Å²) < 4.78 is 27.7. The topological polar surface area (TPSA) is 140 Å². The van der Waals surface area contributed by atoms with Crippen LogP contribution in [0.2, 0.25) is 0 Å². The largest absolute Gasteiger partial charge is 0.480 e. The van der Waals surface area contributed by atoms with Crippen LogP contribution in [0.15, 0.2) is 15.4 Å². The van der Waals surface area contributed by atoms with Crippen molar-refractivity contribution in [3.63, 3.8) is 0 Å². The fraction of sp³-hybridized carbons (Fsp3) is 0.571. The van der Waals surface area contributed by atoms with E-state index in [0.717, 1.165) is 6.07 Å². The predicted molar refractivity (Wildman–Crippen MR) is 82.4 cm³/mol. The lowest BCUT2D eigenvalue weighted by molar-refractivity contribution is -0.139. The lowest BCUT2D eigenvalue weighted by atomic mass is 9.88. The highest BCUT2D eigenvalue weighted by atomic mass is 32.2. The highest BCUT2D eigenvalue weighted by molar-refractivity contribution is 7.89. The van der Waals surface area contributed by atoms with Gasteiger partial charge in [-0.05, 0) is 25.2 Å². The van der Waals surface area contributed by atoms with Crippen LogP contribution < -0.4 is 10.5 Å². The third-order valence-corrected chi connectivity index (χ3v) is 4.21. The van der Waals surface area contributed by atoms with Crippen LogP contribution in [0, 0.1) is 12.3 Å². The fourth-order valence-corrected chi connectivity index (χ4v) is 2.64. The van der Waals surface area contributed by atoms with E-state index in [1.54, 1.807) is 0 Å². The number of aliphatic carboxylic acids is 1. The van der Waals surface area contributed by atoms with E-state index in [1.165, 1.54) is 6.92 Å². The Morgan fingerprint density at radius 3 is 2.35 bits per heavy atom. The minimum absolute atomic E-state index is 0.0285. The van der Waals surface area contributed by atoms with Crippen LogP contribution in [-0.2, 0) is 14.8 Å². The number of hydrogen-bond donors (Lipinski definition) is 3. The van der Waals surface area contributed by atoms with Crippen LogP contribution in [0.25, 0.3) is 0 Å². The first-order chi connectivity index (χ1) is 10.3. The molecule has 1 unspecified atom stereocenters. The number of carbonyl (C=O) groups excluding carboxylic acids is 1. The Bertz CT molecular complexity index is 699.